The van der Waals surface area contributed by atoms with Crippen LogP contribution in [0.15, 0.2) is 42.5 Å². The highest BCUT2D eigenvalue weighted by atomic mass is 35.5. The van der Waals surface area contributed by atoms with Gasteiger partial charge in [-0.25, -0.2) is 0 Å². The van der Waals surface area contributed by atoms with Crippen LogP contribution in [0.2, 0.25) is 5.02 Å². The second-order valence-corrected chi connectivity index (χ2v) is 4.70. The second-order valence-electron chi connectivity index (χ2n) is 4.30. The maximum Gasteiger partial charge on any atom is 0.151 e. The highest BCUT2D eigenvalue weighted by Gasteiger charge is 2.04. The zero-order chi connectivity index (χ0) is 13.8. The van der Waals surface area contributed by atoms with Gasteiger partial charge in [0.05, 0.1) is 5.02 Å². The summed E-state index contributed by atoms with van der Waals surface area (Å²) in [6, 6.07) is 12.7. The van der Waals surface area contributed by atoms with Crippen molar-refractivity contribution in [3.8, 4) is 11.5 Å². The van der Waals surface area contributed by atoms with Crippen molar-refractivity contribution in [3.63, 3.8) is 0 Å². The van der Waals surface area contributed by atoms with Crippen LogP contribution in [0.5, 0.6) is 11.5 Å². The minimum atomic E-state index is 0.385. The Hall–Kier alpha value is -2.00. The van der Waals surface area contributed by atoms with E-state index in [1.165, 1.54) is 0 Å². The van der Waals surface area contributed by atoms with Gasteiger partial charge in [-0.3, -0.25) is 4.79 Å². The molecular weight excluding hydrogens is 262 g/mol. The zero-order valence-electron chi connectivity index (χ0n) is 10.8. The van der Waals surface area contributed by atoms with Crippen LogP contribution >= 0.6 is 11.6 Å². The summed E-state index contributed by atoms with van der Waals surface area (Å²) in [6.45, 7) is 0. The van der Waals surface area contributed by atoms with E-state index in [1.54, 1.807) is 18.2 Å². The third-order valence-electron chi connectivity index (χ3n) is 2.67. The van der Waals surface area contributed by atoms with Gasteiger partial charge in [0.1, 0.15) is 11.5 Å². The normalized spacial score (nSPS) is 10.1. The third kappa shape index (κ3) is 3.26. The molecule has 0 aliphatic heterocycles. The molecule has 2 aromatic rings. The summed E-state index contributed by atoms with van der Waals surface area (Å²) in [5.74, 6) is 1.33. The molecule has 0 aliphatic rings. The van der Waals surface area contributed by atoms with Gasteiger partial charge >= 0.3 is 0 Å². The maximum absolute atomic E-state index is 10.7. The van der Waals surface area contributed by atoms with Gasteiger partial charge in [0.15, 0.2) is 6.29 Å². The molecule has 0 atom stereocenters. The predicted octanol–water partition coefficient (Wildman–Crippen LogP) is 4.01. The van der Waals surface area contributed by atoms with E-state index >= 15 is 0 Å². The molecule has 0 radical (unpaired) electrons. The van der Waals surface area contributed by atoms with Gasteiger partial charge in [-0.05, 0) is 24.3 Å². The van der Waals surface area contributed by atoms with Crippen LogP contribution in [-0.4, -0.2) is 20.4 Å². The molecule has 2 aromatic carbocycles. The van der Waals surface area contributed by atoms with Crippen LogP contribution < -0.4 is 9.64 Å². The lowest BCUT2D eigenvalue weighted by Gasteiger charge is -2.14. The number of anilines is 1. The summed E-state index contributed by atoms with van der Waals surface area (Å²) in [5, 5.41) is 0.385. The number of carbonyl (C=O) groups is 1. The number of hydrogen-bond acceptors (Lipinski definition) is 3. The number of nitrogens with zero attached hydrogens (tertiary/aromatic N) is 1. The number of aldehydes is 1. The number of carbonyl (C=O) groups excluding carboxylic acids is 1. The van der Waals surface area contributed by atoms with Crippen molar-refractivity contribution in [2.45, 2.75) is 0 Å². The predicted molar refractivity (Wildman–Crippen MR) is 77.7 cm³/mol. The molecule has 0 unspecified atom stereocenters. The molecule has 0 N–H and O–H groups in total. The quantitative estimate of drug-likeness (QED) is 0.790. The van der Waals surface area contributed by atoms with E-state index in [9.17, 15) is 4.79 Å². The van der Waals surface area contributed by atoms with E-state index in [4.69, 9.17) is 16.3 Å². The first-order chi connectivity index (χ1) is 9.10. The van der Waals surface area contributed by atoms with Gasteiger partial charge in [0.25, 0.3) is 0 Å². The molecule has 0 heterocycles. The number of ether oxygens (including phenoxy) is 1. The fraction of sp³-hybridized carbons (Fsp3) is 0.133. The van der Waals surface area contributed by atoms with Gasteiger partial charge in [-0.2, -0.15) is 0 Å². The van der Waals surface area contributed by atoms with Crippen molar-refractivity contribution in [1.82, 2.24) is 0 Å². The molecule has 0 saturated heterocycles. The van der Waals surface area contributed by atoms with E-state index in [1.807, 2.05) is 43.3 Å². The molecule has 4 heteroatoms. The summed E-state index contributed by atoms with van der Waals surface area (Å²) < 4.78 is 5.72. The Bertz CT molecular complexity index is 596. The smallest absolute Gasteiger partial charge is 0.151 e. The fourth-order valence-electron chi connectivity index (χ4n) is 1.63. The lowest BCUT2D eigenvalue weighted by atomic mass is 10.2. The molecule has 19 heavy (non-hydrogen) atoms. The molecule has 0 amide bonds. The first-order valence-electron chi connectivity index (χ1n) is 5.80. The molecule has 2 rings (SSSR count). The Kier molecular flexibility index (Phi) is 4.07. The molecule has 0 saturated carbocycles. The maximum atomic E-state index is 10.7. The molecule has 0 aliphatic carbocycles. The first kappa shape index (κ1) is 13.4. The molecule has 0 aromatic heterocycles. The Balaban J connectivity index is 2.23. The average molecular weight is 276 g/mol. The van der Waals surface area contributed by atoms with Crippen LogP contribution in [0.4, 0.5) is 5.69 Å². The molecule has 0 bridgehead atoms. The second kappa shape index (κ2) is 5.76. The summed E-state index contributed by atoms with van der Waals surface area (Å²) in [4.78, 5) is 12.7. The number of benzene rings is 2. The molecular formula is C15H14ClNO2. The minimum absolute atomic E-state index is 0.385. The van der Waals surface area contributed by atoms with Crippen LogP contribution in [0, 0.1) is 0 Å². The Morgan fingerprint density at radius 3 is 2.47 bits per heavy atom. The molecule has 98 valence electrons. The fourth-order valence-corrected chi connectivity index (χ4v) is 1.84. The van der Waals surface area contributed by atoms with E-state index in [2.05, 4.69) is 0 Å². The van der Waals surface area contributed by atoms with Crippen LogP contribution in [0.1, 0.15) is 10.4 Å². The van der Waals surface area contributed by atoms with E-state index in [-0.39, 0.29) is 0 Å². The Morgan fingerprint density at radius 2 is 1.84 bits per heavy atom. The van der Waals surface area contributed by atoms with Crippen LogP contribution in [0.25, 0.3) is 0 Å². The summed E-state index contributed by atoms with van der Waals surface area (Å²) in [5.41, 5.74) is 1.50. The lowest BCUT2D eigenvalue weighted by Crippen LogP contribution is -2.08. The Morgan fingerprint density at radius 1 is 1.11 bits per heavy atom. The number of rotatable bonds is 4. The SMILES string of the molecule is CN(C)c1cccc(Oc2ccc(C=O)c(Cl)c2)c1. The van der Waals surface area contributed by atoms with Crippen LogP contribution in [-0.2, 0) is 0 Å². The largest absolute Gasteiger partial charge is 0.457 e. The van der Waals surface area contributed by atoms with E-state index < -0.39 is 0 Å². The summed E-state index contributed by atoms with van der Waals surface area (Å²) in [6.07, 6.45) is 0.721. The minimum Gasteiger partial charge on any atom is -0.457 e. The van der Waals surface area contributed by atoms with Crippen molar-refractivity contribution in [1.29, 1.82) is 0 Å². The van der Waals surface area contributed by atoms with Crippen molar-refractivity contribution >= 4 is 23.6 Å². The zero-order valence-corrected chi connectivity index (χ0v) is 11.5. The summed E-state index contributed by atoms with van der Waals surface area (Å²) in [7, 11) is 3.93. The standard InChI is InChI=1S/C15H14ClNO2/c1-17(2)12-4-3-5-13(8-12)19-14-7-6-11(10-18)15(16)9-14/h3-10H,1-2H3. The van der Waals surface area contributed by atoms with Crippen molar-refractivity contribution in [3.05, 3.63) is 53.1 Å². The number of halogens is 1. The van der Waals surface area contributed by atoms with Gasteiger partial charge in [0.2, 0.25) is 0 Å². The van der Waals surface area contributed by atoms with Gasteiger partial charge in [-0.1, -0.05) is 17.7 Å². The Labute approximate surface area is 117 Å². The van der Waals surface area contributed by atoms with E-state index in [0.29, 0.717) is 16.3 Å². The number of hydrogen-bond donors (Lipinski definition) is 0. The van der Waals surface area contributed by atoms with Gasteiger partial charge in [0, 0.05) is 37.5 Å². The van der Waals surface area contributed by atoms with Gasteiger partial charge < -0.3 is 9.64 Å². The molecule has 0 spiro atoms. The molecule has 0 fully saturated rings. The van der Waals surface area contributed by atoms with Crippen molar-refractivity contribution in [2.24, 2.45) is 0 Å². The highest BCUT2D eigenvalue weighted by Crippen LogP contribution is 2.28. The van der Waals surface area contributed by atoms with Crippen LogP contribution in [0.3, 0.4) is 0 Å². The molecule has 3 nitrogen and oxygen atoms in total. The average Bonchev–Trinajstić information content (AvgIpc) is 2.39. The monoisotopic (exact) mass is 275 g/mol. The first-order valence-corrected chi connectivity index (χ1v) is 6.18. The lowest BCUT2D eigenvalue weighted by molar-refractivity contribution is 0.112. The van der Waals surface area contributed by atoms with Crippen molar-refractivity contribution in [2.75, 3.05) is 19.0 Å². The third-order valence-corrected chi connectivity index (χ3v) is 3.00. The van der Waals surface area contributed by atoms with Gasteiger partial charge in [-0.15, -0.1) is 0 Å². The topological polar surface area (TPSA) is 29.5 Å². The van der Waals surface area contributed by atoms with E-state index in [0.717, 1.165) is 17.7 Å². The van der Waals surface area contributed by atoms with Crippen molar-refractivity contribution < 1.29 is 9.53 Å². The summed E-state index contributed by atoms with van der Waals surface area (Å²) >= 11 is 5.96. The highest BCUT2D eigenvalue weighted by molar-refractivity contribution is 6.33.